The summed E-state index contributed by atoms with van der Waals surface area (Å²) >= 11 is 0. The van der Waals surface area contributed by atoms with Crippen LogP contribution in [0, 0.1) is 23.2 Å². The van der Waals surface area contributed by atoms with E-state index in [0.29, 0.717) is 23.3 Å². The number of halogens is 2. The summed E-state index contributed by atoms with van der Waals surface area (Å²) in [6, 6.07) is 4.65. The van der Waals surface area contributed by atoms with E-state index in [1.807, 2.05) is 0 Å². The number of likely N-dealkylation sites (N-methyl/N-ethyl adjacent to an activating group) is 1. The fourth-order valence-corrected chi connectivity index (χ4v) is 6.24. The maximum absolute atomic E-state index is 13.0. The van der Waals surface area contributed by atoms with E-state index in [1.54, 1.807) is 13.1 Å². The Kier molecular flexibility index (Phi) is 6.08. The Labute approximate surface area is 181 Å². The van der Waals surface area contributed by atoms with Crippen LogP contribution >= 0.6 is 0 Å². The summed E-state index contributed by atoms with van der Waals surface area (Å²) in [5, 5.41) is 2.89. The summed E-state index contributed by atoms with van der Waals surface area (Å²) in [4.78, 5) is 27.1. The number of hydrogen-bond acceptors (Lipinski definition) is 4. The van der Waals surface area contributed by atoms with Crippen LogP contribution < -0.4 is 14.8 Å². The van der Waals surface area contributed by atoms with Gasteiger partial charge in [-0.25, -0.2) is 0 Å². The summed E-state index contributed by atoms with van der Waals surface area (Å²) in [6.07, 6.45) is 6.63. The van der Waals surface area contributed by atoms with Crippen molar-refractivity contribution in [3.8, 4) is 11.5 Å². The number of amides is 2. The highest BCUT2D eigenvalue weighted by Crippen LogP contribution is 2.60. The van der Waals surface area contributed by atoms with E-state index in [4.69, 9.17) is 4.74 Å². The zero-order chi connectivity index (χ0) is 22.2. The van der Waals surface area contributed by atoms with E-state index in [9.17, 15) is 18.4 Å². The molecule has 6 nitrogen and oxygen atoms in total. The number of carbonyl (C=O) groups excluding carboxylic acids is 2. The highest BCUT2D eigenvalue weighted by Gasteiger charge is 2.54. The molecule has 0 aromatic heterocycles. The maximum Gasteiger partial charge on any atom is 0.387 e. The van der Waals surface area contributed by atoms with Gasteiger partial charge in [0.05, 0.1) is 13.7 Å². The minimum atomic E-state index is -2.97. The molecule has 0 radical (unpaired) electrons. The first kappa shape index (κ1) is 21.8. The Hall–Kier alpha value is -2.38. The van der Waals surface area contributed by atoms with E-state index in [1.165, 1.54) is 43.4 Å². The number of rotatable bonds is 8. The first-order valence-electron chi connectivity index (χ1n) is 10.9. The molecule has 4 aliphatic carbocycles. The van der Waals surface area contributed by atoms with Crippen LogP contribution in [0.4, 0.5) is 8.78 Å². The van der Waals surface area contributed by atoms with Crippen LogP contribution in [-0.4, -0.2) is 44.0 Å². The monoisotopic (exact) mass is 436 g/mol. The lowest BCUT2D eigenvalue weighted by Gasteiger charge is -2.55. The van der Waals surface area contributed by atoms with Crippen molar-refractivity contribution >= 4 is 11.8 Å². The van der Waals surface area contributed by atoms with Crippen LogP contribution in [0.1, 0.15) is 44.1 Å². The summed E-state index contributed by atoms with van der Waals surface area (Å²) < 4.78 is 34.8. The summed E-state index contributed by atoms with van der Waals surface area (Å²) in [7, 11) is 2.99. The van der Waals surface area contributed by atoms with Crippen molar-refractivity contribution < 1.29 is 27.8 Å². The molecule has 0 atom stereocenters. The van der Waals surface area contributed by atoms with Crippen molar-refractivity contribution in [2.75, 3.05) is 20.7 Å². The molecule has 0 spiro atoms. The molecule has 0 unspecified atom stereocenters. The molecule has 31 heavy (non-hydrogen) atoms. The topological polar surface area (TPSA) is 67.9 Å². The second-order valence-electron chi connectivity index (χ2n) is 9.49. The Balaban J connectivity index is 1.32. The van der Waals surface area contributed by atoms with E-state index in [0.717, 1.165) is 19.3 Å². The maximum atomic E-state index is 13.0. The smallest absolute Gasteiger partial charge is 0.387 e. The number of methoxy groups -OCH3 is 1. The van der Waals surface area contributed by atoms with Gasteiger partial charge in [0.25, 0.3) is 0 Å². The molecule has 8 heteroatoms. The molecule has 2 amide bonds. The Bertz CT molecular complexity index is 810. The molecule has 4 fully saturated rings. The van der Waals surface area contributed by atoms with Gasteiger partial charge in [0.2, 0.25) is 11.8 Å². The fraction of sp³-hybridized carbons (Fsp3) is 0.652. The first-order chi connectivity index (χ1) is 14.8. The number of nitrogens with one attached hydrogen (secondary N) is 1. The van der Waals surface area contributed by atoms with E-state index >= 15 is 0 Å². The summed E-state index contributed by atoms with van der Waals surface area (Å²) in [6.45, 7) is -2.83. The molecule has 0 saturated heterocycles. The Morgan fingerprint density at radius 3 is 2.29 bits per heavy atom. The number of benzene rings is 1. The zero-order valence-electron chi connectivity index (χ0n) is 18.0. The minimum absolute atomic E-state index is 0.0189. The normalized spacial score (nSPS) is 28.5. The molecule has 4 bridgehead atoms. The molecule has 0 aliphatic heterocycles. The first-order valence-corrected chi connectivity index (χ1v) is 10.9. The van der Waals surface area contributed by atoms with E-state index < -0.39 is 6.61 Å². The molecule has 1 aromatic rings. The van der Waals surface area contributed by atoms with Crippen molar-refractivity contribution in [1.82, 2.24) is 10.2 Å². The van der Waals surface area contributed by atoms with Gasteiger partial charge in [-0.2, -0.15) is 8.78 Å². The predicted molar refractivity (Wildman–Crippen MR) is 110 cm³/mol. The second kappa shape index (κ2) is 8.63. The standard InChI is InChI=1S/C23H30F2N2O4/c1-27(13-14-3-4-18(30-2)19(8-14)31-22(24)25)20(28)12-26-21(29)23-9-15-5-16(10-23)7-17(6-15)11-23/h3-4,8,15-17,22H,5-7,9-13H2,1-2H3,(H,26,29). The molecule has 4 aliphatic rings. The molecule has 4 saturated carbocycles. The van der Waals surface area contributed by atoms with Gasteiger partial charge in [-0.05, 0) is 74.0 Å². The molecular weight excluding hydrogens is 406 g/mol. The van der Waals surface area contributed by atoms with Crippen LogP contribution in [0.2, 0.25) is 0 Å². The highest BCUT2D eigenvalue weighted by molar-refractivity contribution is 5.88. The third-order valence-electron chi connectivity index (χ3n) is 7.21. The van der Waals surface area contributed by atoms with E-state index in [-0.39, 0.29) is 41.8 Å². The van der Waals surface area contributed by atoms with Gasteiger partial charge in [0.1, 0.15) is 0 Å². The Morgan fingerprint density at radius 1 is 1.13 bits per heavy atom. The van der Waals surface area contributed by atoms with Crippen molar-refractivity contribution in [2.45, 2.75) is 51.7 Å². The number of carbonyl (C=O) groups is 2. The van der Waals surface area contributed by atoms with Crippen LogP contribution in [0.5, 0.6) is 11.5 Å². The van der Waals surface area contributed by atoms with Crippen molar-refractivity contribution in [3.05, 3.63) is 23.8 Å². The van der Waals surface area contributed by atoms with Gasteiger partial charge >= 0.3 is 6.61 Å². The number of alkyl halides is 2. The van der Waals surface area contributed by atoms with Gasteiger partial charge in [0.15, 0.2) is 11.5 Å². The lowest BCUT2D eigenvalue weighted by atomic mass is 9.49. The lowest BCUT2D eigenvalue weighted by molar-refractivity contribution is -0.147. The van der Waals surface area contributed by atoms with Gasteiger partial charge in [-0.1, -0.05) is 6.07 Å². The quantitative estimate of drug-likeness (QED) is 0.676. The summed E-state index contributed by atoms with van der Waals surface area (Å²) in [5.74, 6) is 1.89. The van der Waals surface area contributed by atoms with Gasteiger partial charge in [-0.15, -0.1) is 0 Å². The molecule has 5 rings (SSSR count). The van der Waals surface area contributed by atoms with Gasteiger partial charge in [-0.3, -0.25) is 9.59 Å². The number of hydrogen-bond donors (Lipinski definition) is 1. The largest absolute Gasteiger partial charge is 0.493 e. The molecule has 170 valence electrons. The van der Waals surface area contributed by atoms with E-state index in [2.05, 4.69) is 10.1 Å². The Morgan fingerprint density at radius 2 is 1.74 bits per heavy atom. The fourth-order valence-electron chi connectivity index (χ4n) is 6.24. The van der Waals surface area contributed by atoms with Crippen LogP contribution in [-0.2, 0) is 16.1 Å². The molecule has 1 aromatic carbocycles. The SMILES string of the molecule is COc1ccc(CN(C)C(=O)CNC(=O)C23CC4CC(CC(C4)C2)C3)cc1OC(F)F. The van der Waals surface area contributed by atoms with Crippen LogP contribution in [0.3, 0.4) is 0 Å². The third-order valence-corrected chi connectivity index (χ3v) is 7.21. The van der Waals surface area contributed by atoms with Crippen molar-refractivity contribution in [2.24, 2.45) is 23.2 Å². The number of ether oxygens (including phenoxy) is 2. The minimum Gasteiger partial charge on any atom is -0.493 e. The lowest BCUT2D eigenvalue weighted by Crippen LogP contribution is -2.54. The average Bonchev–Trinajstić information content (AvgIpc) is 2.70. The van der Waals surface area contributed by atoms with Gasteiger partial charge in [0, 0.05) is 19.0 Å². The van der Waals surface area contributed by atoms with Crippen LogP contribution in [0.25, 0.3) is 0 Å². The zero-order valence-corrected chi connectivity index (χ0v) is 18.0. The van der Waals surface area contributed by atoms with Crippen LogP contribution in [0.15, 0.2) is 18.2 Å². The predicted octanol–water partition coefficient (Wildman–Crippen LogP) is 3.59. The highest BCUT2D eigenvalue weighted by atomic mass is 19.3. The average molecular weight is 436 g/mol. The van der Waals surface area contributed by atoms with Gasteiger partial charge < -0.3 is 19.7 Å². The molecule has 1 N–H and O–H groups in total. The summed E-state index contributed by atoms with van der Waals surface area (Å²) in [5.41, 5.74) is 0.338. The molecular formula is C23H30F2N2O4. The second-order valence-corrected chi connectivity index (χ2v) is 9.49. The third kappa shape index (κ3) is 4.62. The van der Waals surface area contributed by atoms with Crippen molar-refractivity contribution in [3.63, 3.8) is 0 Å². The number of nitrogens with zero attached hydrogens (tertiary/aromatic N) is 1. The van der Waals surface area contributed by atoms with Crippen molar-refractivity contribution in [1.29, 1.82) is 0 Å². The molecule has 0 heterocycles.